The summed E-state index contributed by atoms with van der Waals surface area (Å²) in [4.78, 5) is 28.8. The molecule has 0 aromatic heterocycles. The largest absolute Gasteiger partial charge is 0.354 e. The van der Waals surface area contributed by atoms with Crippen LogP contribution in [0.15, 0.2) is 72.8 Å². The number of hydrogen-bond acceptors (Lipinski definition) is 3. The number of benzene rings is 3. The van der Waals surface area contributed by atoms with Crippen LogP contribution in [-0.2, 0) is 28.3 Å². The van der Waals surface area contributed by atoms with Crippen molar-refractivity contribution in [3.63, 3.8) is 0 Å². The summed E-state index contributed by atoms with van der Waals surface area (Å²) < 4.78 is 0. The number of nitrogens with zero attached hydrogens (tertiary/aromatic N) is 1. The molecule has 2 amide bonds. The summed E-state index contributed by atoms with van der Waals surface area (Å²) in [5.74, 6) is 0.579. The van der Waals surface area contributed by atoms with Crippen molar-refractivity contribution in [2.45, 2.75) is 44.5 Å². The lowest BCUT2D eigenvalue weighted by Gasteiger charge is -2.31. The van der Waals surface area contributed by atoms with Gasteiger partial charge in [-0.2, -0.15) is 0 Å². The third kappa shape index (κ3) is 9.57. The van der Waals surface area contributed by atoms with Crippen LogP contribution in [0.2, 0.25) is 15.1 Å². The number of carbonyl (C=O) groups is 2. The van der Waals surface area contributed by atoms with E-state index in [4.69, 9.17) is 34.8 Å². The van der Waals surface area contributed by atoms with E-state index in [1.807, 2.05) is 60.7 Å². The van der Waals surface area contributed by atoms with E-state index >= 15 is 0 Å². The number of rotatable bonds is 13. The van der Waals surface area contributed by atoms with Gasteiger partial charge < -0.3 is 10.2 Å². The van der Waals surface area contributed by atoms with E-state index < -0.39 is 6.04 Å². The summed E-state index contributed by atoms with van der Waals surface area (Å²) in [6, 6.07) is 22.0. The molecule has 1 N–H and O–H groups in total. The molecule has 0 aliphatic carbocycles. The zero-order chi connectivity index (χ0) is 26.6. The molecule has 1 unspecified atom stereocenters. The maximum Gasteiger partial charge on any atom is 0.243 e. The molecule has 0 saturated carbocycles. The lowest BCUT2D eigenvalue weighted by atomic mass is 10.0. The monoisotopic (exact) mass is 576 g/mol. The molecule has 3 aromatic rings. The highest BCUT2D eigenvalue weighted by Crippen LogP contribution is 2.25. The van der Waals surface area contributed by atoms with Crippen molar-refractivity contribution in [2.75, 3.05) is 12.3 Å². The zero-order valence-electron chi connectivity index (χ0n) is 20.8. The second kappa shape index (κ2) is 15.3. The molecular formula is C29H31Cl3N2O2S. The highest BCUT2D eigenvalue weighted by atomic mass is 35.5. The molecule has 3 rings (SSSR count). The van der Waals surface area contributed by atoms with Gasteiger partial charge in [-0.15, -0.1) is 11.8 Å². The molecule has 3 aromatic carbocycles. The minimum absolute atomic E-state index is 0.121. The zero-order valence-corrected chi connectivity index (χ0v) is 23.8. The number of halogens is 3. The molecule has 0 saturated heterocycles. The minimum Gasteiger partial charge on any atom is -0.354 e. The van der Waals surface area contributed by atoms with Gasteiger partial charge in [0.15, 0.2) is 0 Å². The fourth-order valence-corrected chi connectivity index (χ4v) is 5.25. The first kappa shape index (κ1) is 29.4. The Kier molecular flexibility index (Phi) is 12.1. The van der Waals surface area contributed by atoms with Crippen LogP contribution in [0.5, 0.6) is 0 Å². The molecule has 0 radical (unpaired) electrons. The first-order chi connectivity index (χ1) is 17.9. The van der Waals surface area contributed by atoms with Crippen molar-refractivity contribution < 1.29 is 9.59 Å². The Morgan fingerprint density at radius 1 is 0.892 bits per heavy atom. The Morgan fingerprint density at radius 2 is 1.65 bits per heavy atom. The van der Waals surface area contributed by atoms with Crippen LogP contribution in [0.1, 0.15) is 36.5 Å². The van der Waals surface area contributed by atoms with Crippen molar-refractivity contribution in [1.82, 2.24) is 10.2 Å². The van der Waals surface area contributed by atoms with Gasteiger partial charge in [0.2, 0.25) is 11.8 Å². The topological polar surface area (TPSA) is 49.4 Å². The molecule has 4 nitrogen and oxygen atoms in total. The van der Waals surface area contributed by atoms with Gasteiger partial charge in [0.05, 0.1) is 15.8 Å². The summed E-state index contributed by atoms with van der Waals surface area (Å²) in [7, 11) is 0. The van der Waals surface area contributed by atoms with E-state index in [0.717, 1.165) is 29.5 Å². The van der Waals surface area contributed by atoms with Gasteiger partial charge in [-0.1, -0.05) is 96.7 Å². The van der Waals surface area contributed by atoms with E-state index in [0.29, 0.717) is 33.8 Å². The predicted octanol–water partition coefficient (Wildman–Crippen LogP) is 7.44. The van der Waals surface area contributed by atoms with E-state index in [9.17, 15) is 9.59 Å². The molecule has 0 heterocycles. The lowest BCUT2D eigenvalue weighted by Crippen LogP contribution is -2.51. The van der Waals surface area contributed by atoms with Crippen LogP contribution in [-0.4, -0.2) is 35.1 Å². The first-order valence-corrected chi connectivity index (χ1v) is 14.5. The quantitative estimate of drug-likeness (QED) is 0.215. The van der Waals surface area contributed by atoms with E-state index in [1.165, 1.54) is 11.8 Å². The van der Waals surface area contributed by atoms with Crippen LogP contribution >= 0.6 is 46.6 Å². The highest BCUT2D eigenvalue weighted by molar-refractivity contribution is 7.99. The van der Waals surface area contributed by atoms with Crippen molar-refractivity contribution in [3.8, 4) is 0 Å². The smallest absolute Gasteiger partial charge is 0.243 e. The molecule has 1 atom stereocenters. The maximum absolute atomic E-state index is 13.7. The molecule has 37 heavy (non-hydrogen) atoms. The Bertz CT molecular complexity index is 1180. The lowest BCUT2D eigenvalue weighted by molar-refractivity contribution is -0.139. The van der Waals surface area contributed by atoms with E-state index in [-0.39, 0.29) is 24.1 Å². The van der Waals surface area contributed by atoms with Crippen molar-refractivity contribution in [3.05, 3.63) is 105 Å². The van der Waals surface area contributed by atoms with Gasteiger partial charge >= 0.3 is 0 Å². The predicted molar refractivity (Wildman–Crippen MR) is 156 cm³/mol. The Labute approximate surface area is 238 Å². The first-order valence-electron chi connectivity index (χ1n) is 12.2. The van der Waals surface area contributed by atoms with Crippen molar-refractivity contribution >= 4 is 58.4 Å². The van der Waals surface area contributed by atoms with Gasteiger partial charge in [0.25, 0.3) is 0 Å². The van der Waals surface area contributed by atoms with Gasteiger partial charge in [-0.3, -0.25) is 9.59 Å². The number of amides is 2. The number of hydrogen-bond donors (Lipinski definition) is 1. The summed E-state index contributed by atoms with van der Waals surface area (Å²) in [5.41, 5.74) is 2.83. The third-order valence-electron chi connectivity index (χ3n) is 5.82. The van der Waals surface area contributed by atoms with Crippen LogP contribution in [0.3, 0.4) is 0 Å². The van der Waals surface area contributed by atoms with Gasteiger partial charge in [0, 0.05) is 30.3 Å². The normalized spacial score (nSPS) is 11.7. The van der Waals surface area contributed by atoms with Gasteiger partial charge in [-0.05, 0) is 47.4 Å². The second-order valence-corrected chi connectivity index (χ2v) is 11.0. The van der Waals surface area contributed by atoms with E-state index in [2.05, 4.69) is 12.2 Å². The fraction of sp³-hybridized carbons (Fsp3) is 0.310. The standard InChI is InChI=1S/C29H31Cl3N2O2S/c1-2-3-14-33-29(36)27(17-21-8-5-4-6-9-21)34(18-22-12-13-25(31)26(32)16-22)28(35)20-37-19-23-10-7-11-24(30)15-23/h4-13,15-16,27H,2-3,14,17-20H2,1H3,(H,33,36). The van der Waals surface area contributed by atoms with Gasteiger partial charge in [-0.25, -0.2) is 0 Å². The molecular weight excluding hydrogens is 547 g/mol. The Morgan fingerprint density at radius 3 is 2.35 bits per heavy atom. The van der Waals surface area contributed by atoms with Crippen molar-refractivity contribution in [2.24, 2.45) is 0 Å². The average molecular weight is 578 g/mol. The fourth-order valence-electron chi connectivity index (χ4n) is 3.86. The molecule has 0 bridgehead atoms. The average Bonchev–Trinajstić information content (AvgIpc) is 2.89. The molecule has 196 valence electrons. The van der Waals surface area contributed by atoms with Crippen LogP contribution in [0, 0.1) is 0 Å². The Balaban J connectivity index is 1.85. The second-order valence-electron chi connectivity index (χ2n) is 8.74. The molecule has 0 fully saturated rings. The molecule has 0 aliphatic rings. The molecule has 0 aliphatic heterocycles. The van der Waals surface area contributed by atoms with E-state index in [1.54, 1.807) is 17.0 Å². The van der Waals surface area contributed by atoms with Crippen LogP contribution in [0.25, 0.3) is 0 Å². The number of carbonyl (C=O) groups excluding carboxylic acids is 2. The number of nitrogens with one attached hydrogen (secondary N) is 1. The Hall–Kier alpha value is -2.18. The summed E-state index contributed by atoms with van der Waals surface area (Å²) in [5, 5.41) is 4.55. The summed E-state index contributed by atoms with van der Waals surface area (Å²) >= 11 is 20.0. The van der Waals surface area contributed by atoms with Crippen LogP contribution in [0.4, 0.5) is 0 Å². The summed E-state index contributed by atoms with van der Waals surface area (Å²) in [6.07, 6.45) is 2.25. The third-order valence-corrected chi connectivity index (χ3v) is 7.78. The number of unbranched alkanes of at least 4 members (excludes halogenated alkanes) is 1. The van der Waals surface area contributed by atoms with Gasteiger partial charge in [0.1, 0.15) is 6.04 Å². The minimum atomic E-state index is -0.673. The molecule has 0 spiro atoms. The highest BCUT2D eigenvalue weighted by Gasteiger charge is 2.30. The maximum atomic E-state index is 13.7. The molecule has 8 heteroatoms. The summed E-state index contributed by atoms with van der Waals surface area (Å²) in [6.45, 7) is 2.88. The van der Waals surface area contributed by atoms with Crippen molar-refractivity contribution in [1.29, 1.82) is 0 Å². The number of thioether (sulfide) groups is 1. The van der Waals surface area contributed by atoms with Crippen LogP contribution < -0.4 is 5.32 Å². The SMILES string of the molecule is CCCCNC(=O)C(Cc1ccccc1)N(Cc1ccc(Cl)c(Cl)c1)C(=O)CSCc1cccc(Cl)c1.